The van der Waals surface area contributed by atoms with E-state index in [0.29, 0.717) is 23.2 Å². The van der Waals surface area contributed by atoms with Gasteiger partial charge in [-0.05, 0) is 57.1 Å². The molecule has 5 rings (SSSR count). The molecule has 9 heteroatoms. The third kappa shape index (κ3) is 3.94. The maximum absolute atomic E-state index is 12.9. The van der Waals surface area contributed by atoms with Crippen LogP contribution < -0.4 is 15.4 Å². The molecule has 32 heavy (non-hydrogen) atoms. The Morgan fingerprint density at radius 1 is 1.19 bits per heavy atom. The molecule has 4 heterocycles. The third-order valence-corrected chi connectivity index (χ3v) is 5.74. The predicted octanol–water partition coefficient (Wildman–Crippen LogP) is 3.11. The van der Waals surface area contributed by atoms with Crippen molar-refractivity contribution in [3.8, 4) is 11.4 Å². The maximum atomic E-state index is 12.9. The first kappa shape index (κ1) is 20.2. The minimum absolute atomic E-state index is 0.307. The second-order valence-corrected chi connectivity index (χ2v) is 7.96. The molecule has 164 valence electrons. The van der Waals surface area contributed by atoms with Gasteiger partial charge in [-0.3, -0.25) is 14.5 Å². The van der Waals surface area contributed by atoms with Gasteiger partial charge < -0.3 is 15.4 Å². The highest BCUT2D eigenvalue weighted by Gasteiger charge is 2.19. The second-order valence-electron chi connectivity index (χ2n) is 7.96. The van der Waals surface area contributed by atoms with E-state index >= 15 is 0 Å². The molecule has 0 spiro atoms. The van der Waals surface area contributed by atoms with Crippen molar-refractivity contribution in [3.63, 3.8) is 0 Å². The van der Waals surface area contributed by atoms with E-state index in [1.165, 1.54) is 0 Å². The molecule has 9 nitrogen and oxygen atoms in total. The fourth-order valence-electron chi connectivity index (χ4n) is 4.04. The van der Waals surface area contributed by atoms with Crippen molar-refractivity contribution in [2.45, 2.75) is 25.8 Å². The van der Waals surface area contributed by atoms with Crippen LogP contribution in [0.25, 0.3) is 16.6 Å². The Morgan fingerprint density at radius 3 is 2.81 bits per heavy atom. The van der Waals surface area contributed by atoms with Crippen LogP contribution >= 0.6 is 0 Å². The minimum Gasteiger partial charge on any atom is -0.494 e. The largest absolute Gasteiger partial charge is 0.494 e. The molecule has 4 aromatic rings. The van der Waals surface area contributed by atoms with Crippen LogP contribution in [-0.2, 0) is 0 Å². The number of fused-ring (bicyclic) bond motifs is 1. The van der Waals surface area contributed by atoms with Gasteiger partial charge in [-0.1, -0.05) is 0 Å². The fraction of sp³-hybridized carbons (Fsp3) is 0.304. The zero-order valence-electron chi connectivity index (χ0n) is 18.1. The molecule has 0 radical (unpaired) electrons. The Morgan fingerprint density at radius 2 is 2.03 bits per heavy atom. The second kappa shape index (κ2) is 8.43. The summed E-state index contributed by atoms with van der Waals surface area (Å²) in [6.45, 7) is 3.91. The van der Waals surface area contributed by atoms with Crippen molar-refractivity contribution in [3.05, 3.63) is 60.3 Å². The minimum atomic E-state index is -0.307. The lowest BCUT2D eigenvalue weighted by molar-refractivity contribution is 0.102. The van der Waals surface area contributed by atoms with Crippen molar-refractivity contribution in [2.75, 3.05) is 25.5 Å². The summed E-state index contributed by atoms with van der Waals surface area (Å²) >= 11 is 0. The lowest BCUT2D eigenvalue weighted by atomic mass is 10.1. The highest BCUT2D eigenvalue weighted by Crippen LogP contribution is 2.31. The zero-order chi connectivity index (χ0) is 22.1. The first-order valence-electron chi connectivity index (χ1n) is 10.7. The molecule has 0 aliphatic carbocycles. The van der Waals surface area contributed by atoms with Gasteiger partial charge in [-0.2, -0.15) is 10.2 Å². The summed E-state index contributed by atoms with van der Waals surface area (Å²) in [6.07, 6.45) is 7.62. The number of piperidine rings is 1. The summed E-state index contributed by atoms with van der Waals surface area (Å²) < 4.78 is 9.22. The first-order chi connectivity index (χ1) is 15.6. The number of rotatable bonds is 5. The number of aromatic nitrogens is 5. The number of nitrogens with zero attached hydrogens (tertiary/aromatic N) is 5. The van der Waals surface area contributed by atoms with Crippen LogP contribution in [-0.4, -0.2) is 50.7 Å². The topological polar surface area (TPSA) is 98.9 Å². The monoisotopic (exact) mass is 431 g/mol. The van der Waals surface area contributed by atoms with Crippen LogP contribution in [0.4, 0.5) is 5.69 Å². The number of hydrogen-bond acceptors (Lipinski definition) is 6. The smallest absolute Gasteiger partial charge is 0.276 e. The highest BCUT2D eigenvalue weighted by atomic mass is 16.5. The highest BCUT2D eigenvalue weighted by molar-refractivity contribution is 6.05. The van der Waals surface area contributed by atoms with Crippen LogP contribution in [0.1, 0.15) is 35.1 Å². The van der Waals surface area contributed by atoms with Crippen molar-refractivity contribution in [1.29, 1.82) is 0 Å². The molecular weight excluding hydrogens is 406 g/mol. The summed E-state index contributed by atoms with van der Waals surface area (Å²) in [6, 6.07) is 9.59. The van der Waals surface area contributed by atoms with Crippen molar-refractivity contribution < 1.29 is 9.53 Å². The molecule has 1 fully saturated rings. The molecule has 3 aromatic heterocycles. The number of methoxy groups -OCH3 is 1. The van der Waals surface area contributed by atoms with Gasteiger partial charge in [0.05, 0.1) is 30.0 Å². The summed E-state index contributed by atoms with van der Waals surface area (Å²) in [5.74, 6) is 0.253. The summed E-state index contributed by atoms with van der Waals surface area (Å²) in [5, 5.41) is 16.4. The number of hydrogen-bond donors (Lipinski definition) is 2. The molecule has 1 saturated heterocycles. The van der Waals surface area contributed by atoms with Gasteiger partial charge in [0, 0.05) is 35.7 Å². The normalized spacial score (nSPS) is 14.6. The Bertz CT molecular complexity index is 1270. The van der Waals surface area contributed by atoms with Crippen LogP contribution in [0.5, 0.6) is 5.75 Å². The number of aryl methyl sites for hydroxylation is 1. The number of ether oxygens (including phenoxy) is 1. The summed E-state index contributed by atoms with van der Waals surface area (Å²) in [4.78, 5) is 17.1. The van der Waals surface area contributed by atoms with E-state index in [4.69, 9.17) is 9.84 Å². The van der Waals surface area contributed by atoms with Crippen LogP contribution in [0.3, 0.4) is 0 Å². The number of pyridine rings is 1. The van der Waals surface area contributed by atoms with Gasteiger partial charge in [0.2, 0.25) is 0 Å². The van der Waals surface area contributed by atoms with Crippen LogP contribution in [0.2, 0.25) is 0 Å². The van der Waals surface area contributed by atoms with Gasteiger partial charge in [0.25, 0.3) is 5.91 Å². The molecule has 0 atom stereocenters. The average molecular weight is 432 g/mol. The quantitative estimate of drug-likeness (QED) is 0.504. The Balaban J connectivity index is 1.39. The molecule has 1 aliphatic rings. The Labute approximate surface area is 185 Å². The fourth-order valence-corrected chi connectivity index (χ4v) is 4.04. The van der Waals surface area contributed by atoms with E-state index in [9.17, 15) is 4.79 Å². The Kier molecular flexibility index (Phi) is 5.32. The van der Waals surface area contributed by atoms with E-state index in [1.54, 1.807) is 30.3 Å². The van der Waals surface area contributed by atoms with Crippen molar-refractivity contribution in [1.82, 2.24) is 29.9 Å². The third-order valence-electron chi connectivity index (χ3n) is 5.74. The molecule has 0 saturated carbocycles. The first-order valence-corrected chi connectivity index (χ1v) is 10.7. The van der Waals surface area contributed by atoms with Crippen molar-refractivity contribution >= 4 is 22.5 Å². The van der Waals surface area contributed by atoms with E-state index in [0.717, 1.165) is 48.2 Å². The lowest BCUT2D eigenvalue weighted by Gasteiger charge is -2.22. The number of nitrogens with one attached hydrogen (secondary N) is 2. The maximum Gasteiger partial charge on any atom is 0.276 e. The number of anilines is 1. The van der Waals surface area contributed by atoms with Gasteiger partial charge in [-0.25, -0.2) is 4.68 Å². The standard InChI is InChI=1S/C23H25N7O2/c1-15-11-18(5-9-25-15)29-10-6-19(27-29)23(31)26-21-12-16-14-30(17-3-7-24-8-4-17)28-20(16)13-22(21)32-2/h5-6,9-14,17,24H,3-4,7-8H2,1-2H3,(H,26,31). The number of carbonyl (C=O) groups is 1. The van der Waals surface area contributed by atoms with Crippen molar-refractivity contribution in [2.24, 2.45) is 0 Å². The zero-order valence-corrected chi connectivity index (χ0v) is 18.1. The molecular formula is C23H25N7O2. The predicted molar refractivity (Wildman–Crippen MR) is 121 cm³/mol. The van der Waals surface area contributed by atoms with Gasteiger partial charge >= 0.3 is 0 Å². The molecule has 1 amide bonds. The van der Waals surface area contributed by atoms with Crippen LogP contribution in [0, 0.1) is 6.92 Å². The van der Waals surface area contributed by atoms with Crippen LogP contribution in [0.15, 0.2) is 48.9 Å². The van der Waals surface area contributed by atoms with E-state index in [2.05, 4.69) is 20.7 Å². The van der Waals surface area contributed by atoms with Gasteiger partial charge in [0.1, 0.15) is 5.75 Å². The molecule has 1 aliphatic heterocycles. The van der Waals surface area contributed by atoms with E-state index in [-0.39, 0.29) is 5.91 Å². The average Bonchev–Trinajstić information content (AvgIpc) is 3.46. The lowest BCUT2D eigenvalue weighted by Crippen LogP contribution is -2.29. The summed E-state index contributed by atoms with van der Waals surface area (Å²) in [7, 11) is 1.58. The number of amides is 1. The molecule has 0 bridgehead atoms. The molecule has 1 aromatic carbocycles. The Hall–Kier alpha value is -3.72. The molecule has 0 unspecified atom stereocenters. The van der Waals surface area contributed by atoms with Gasteiger partial charge in [-0.15, -0.1) is 0 Å². The molecule has 2 N–H and O–H groups in total. The number of benzene rings is 1. The van der Waals surface area contributed by atoms with E-state index in [1.807, 2.05) is 42.1 Å². The van der Waals surface area contributed by atoms with Gasteiger partial charge in [0.15, 0.2) is 5.69 Å². The number of carbonyl (C=O) groups excluding carboxylic acids is 1. The SMILES string of the molecule is COc1cc2nn(C3CCNCC3)cc2cc1NC(=O)c1ccn(-c2ccnc(C)c2)n1. The summed E-state index contributed by atoms with van der Waals surface area (Å²) in [5.41, 5.74) is 3.47. The van der Waals surface area contributed by atoms with E-state index < -0.39 is 0 Å².